The molecule has 1 saturated carbocycles. The minimum absolute atomic E-state index is 0.125. The number of allylic oxidation sites excluding steroid dienone is 1. The predicted octanol–water partition coefficient (Wildman–Crippen LogP) is 3.18. The van der Waals surface area contributed by atoms with Gasteiger partial charge in [0.05, 0.1) is 23.5 Å². The average Bonchev–Trinajstić information content (AvgIpc) is 3.37. The van der Waals surface area contributed by atoms with Gasteiger partial charge in [0.25, 0.3) is 5.91 Å². The quantitative estimate of drug-likeness (QED) is 0.646. The summed E-state index contributed by atoms with van der Waals surface area (Å²) in [5.74, 6) is 0.763. The Morgan fingerprint density at radius 1 is 1.37 bits per heavy atom. The molecule has 1 amide bonds. The van der Waals surface area contributed by atoms with E-state index in [2.05, 4.69) is 28.4 Å². The molecule has 1 aliphatic carbocycles. The highest BCUT2D eigenvalue weighted by Crippen LogP contribution is 2.28. The van der Waals surface area contributed by atoms with Crippen molar-refractivity contribution in [3.63, 3.8) is 0 Å². The second-order valence-electron chi connectivity index (χ2n) is 7.78. The van der Waals surface area contributed by atoms with E-state index >= 15 is 0 Å². The molecule has 7 nitrogen and oxygen atoms in total. The van der Waals surface area contributed by atoms with Crippen LogP contribution in [-0.4, -0.2) is 26.5 Å². The number of nitrogens with one attached hydrogen (secondary N) is 2. The van der Waals surface area contributed by atoms with Crippen LogP contribution in [0.15, 0.2) is 54.4 Å². The van der Waals surface area contributed by atoms with Gasteiger partial charge in [-0.3, -0.25) is 4.79 Å². The zero-order chi connectivity index (χ0) is 20.7. The van der Waals surface area contributed by atoms with Gasteiger partial charge in [0.2, 0.25) is 0 Å². The Kier molecular flexibility index (Phi) is 4.32. The first kappa shape index (κ1) is 18.1. The highest BCUT2D eigenvalue weighted by Gasteiger charge is 2.24. The summed E-state index contributed by atoms with van der Waals surface area (Å²) in [5.41, 5.74) is 5.37. The van der Waals surface area contributed by atoms with Gasteiger partial charge >= 0.3 is 0 Å². The molecule has 2 aromatic heterocycles. The van der Waals surface area contributed by atoms with Crippen LogP contribution in [0.1, 0.15) is 41.6 Å². The average molecular weight is 396 g/mol. The number of anilines is 1. The summed E-state index contributed by atoms with van der Waals surface area (Å²) in [6, 6.07) is 12.2. The number of amides is 1. The molecule has 0 unspecified atom stereocenters. The van der Waals surface area contributed by atoms with Gasteiger partial charge in [0, 0.05) is 41.8 Å². The largest absolute Gasteiger partial charge is 0.367 e. The number of benzene rings is 1. The highest BCUT2D eigenvalue weighted by molar-refractivity contribution is 6.02. The summed E-state index contributed by atoms with van der Waals surface area (Å²) in [7, 11) is 0. The summed E-state index contributed by atoms with van der Waals surface area (Å²) >= 11 is 0. The number of carbonyl (C=O) groups is 1. The fourth-order valence-corrected chi connectivity index (χ4v) is 3.62. The van der Waals surface area contributed by atoms with Crippen molar-refractivity contribution in [1.29, 1.82) is 5.26 Å². The van der Waals surface area contributed by atoms with Crippen molar-refractivity contribution in [2.75, 3.05) is 5.32 Å². The van der Waals surface area contributed by atoms with Gasteiger partial charge in [-0.05, 0) is 36.6 Å². The second-order valence-corrected chi connectivity index (χ2v) is 7.78. The van der Waals surface area contributed by atoms with Crippen LogP contribution in [0.3, 0.4) is 0 Å². The van der Waals surface area contributed by atoms with Crippen LogP contribution >= 0.6 is 0 Å². The maximum Gasteiger partial charge on any atom is 0.251 e. The summed E-state index contributed by atoms with van der Waals surface area (Å²) in [4.78, 5) is 16.9. The lowest BCUT2D eigenvalue weighted by Gasteiger charge is -2.10. The topological polar surface area (TPSA) is 95.1 Å². The number of aromatic nitrogens is 3. The van der Waals surface area contributed by atoms with E-state index in [0.29, 0.717) is 41.4 Å². The van der Waals surface area contributed by atoms with Crippen molar-refractivity contribution >= 4 is 23.4 Å². The number of rotatable bonds is 5. The van der Waals surface area contributed by atoms with Crippen molar-refractivity contribution in [1.82, 2.24) is 19.9 Å². The number of fused-ring (bicyclic) bond motifs is 1. The molecular weight excluding hydrogens is 376 g/mol. The first-order chi connectivity index (χ1) is 14.6. The van der Waals surface area contributed by atoms with E-state index in [1.807, 2.05) is 30.3 Å². The molecule has 2 fully saturated rings. The number of carbonyl (C=O) groups excluding carboxylic acids is 1. The van der Waals surface area contributed by atoms with Gasteiger partial charge in [-0.15, -0.1) is 0 Å². The third-order valence-corrected chi connectivity index (χ3v) is 5.24. The zero-order valence-corrected chi connectivity index (χ0v) is 16.4. The molecular formula is C23H20N6O. The van der Waals surface area contributed by atoms with Crippen molar-refractivity contribution in [3.8, 4) is 6.07 Å². The molecule has 0 radical (unpaired) electrons. The van der Waals surface area contributed by atoms with Crippen molar-refractivity contribution in [2.24, 2.45) is 0 Å². The standard InChI is InChI=1S/C23H20N6O/c1-14-7-17(23(30)26-14)10-18-13-25-29-21(27-19-5-6-19)11-20(28-22(18)29)9-15-3-2-4-16(8-15)12-24/h2-4,8,10-11,13,19,27H,1,5-7,9H2,(H,26,30)/b17-10+. The molecule has 1 saturated heterocycles. The third kappa shape index (κ3) is 3.55. The van der Waals surface area contributed by atoms with Crippen molar-refractivity contribution in [2.45, 2.75) is 31.7 Å². The number of hydrogen-bond acceptors (Lipinski definition) is 5. The normalized spacial score (nSPS) is 17.4. The predicted molar refractivity (Wildman–Crippen MR) is 113 cm³/mol. The molecule has 148 valence electrons. The lowest BCUT2D eigenvalue weighted by Crippen LogP contribution is -2.12. The maximum atomic E-state index is 12.1. The molecule has 3 aromatic rings. The van der Waals surface area contributed by atoms with Crippen molar-refractivity contribution < 1.29 is 4.79 Å². The Morgan fingerprint density at radius 2 is 2.23 bits per heavy atom. The van der Waals surface area contributed by atoms with Gasteiger partial charge in [0.15, 0.2) is 5.65 Å². The minimum Gasteiger partial charge on any atom is -0.367 e. The van der Waals surface area contributed by atoms with E-state index in [4.69, 9.17) is 4.98 Å². The minimum atomic E-state index is -0.125. The second kappa shape index (κ2) is 7.16. The van der Waals surface area contributed by atoms with E-state index < -0.39 is 0 Å². The highest BCUT2D eigenvalue weighted by atomic mass is 16.2. The van der Waals surface area contributed by atoms with E-state index in [0.717, 1.165) is 35.5 Å². The summed E-state index contributed by atoms with van der Waals surface area (Å²) in [6.45, 7) is 3.83. The molecule has 5 rings (SSSR count). The molecule has 30 heavy (non-hydrogen) atoms. The molecule has 0 spiro atoms. The van der Waals surface area contributed by atoms with Crippen LogP contribution in [0.2, 0.25) is 0 Å². The van der Waals surface area contributed by atoms with E-state index in [-0.39, 0.29) is 5.91 Å². The Labute approximate surface area is 173 Å². The fraction of sp³-hybridized carbons (Fsp3) is 0.217. The monoisotopic (exact) mass is 396 g/mol. The van der Waals surface area contributed by atoms with Crippen LogP contribution in [0.25, 0.3) is 11.7 Å². The van der Waals surface area contributed by atoms with Gasteiger partial charge in [-0.25, -0.2) is 4.98 Å². The van der Waals surface area contributed by atoms with E-state index in [1.54, 1.807) is 16.8 Å². The molecule has 1 aromatic carbocycles. The molecule has 2 N–H and O–H groups in total. The zero-order valence-electron chi connectivity index (χ0n) is 16.4. The molecule has 0 bridgehead atoms. The van der Waals surface area contributed by atoms with Gasteiger partial charge in [0.1, 0.15) is 5.82 Å². The van der Waals surface area contributed by atoms with E-state index in [9.17, 15) is 10.1 Å². The Hall–Kier alpha value is -3.92. The van der Waals surface area contributed by atoms with Crippen LogP contribution in [0.4, 0.5) is 5.82 Å². The van der Waals surface area contributed by atoms with Crippen LogP contribution in [0, 0.1) is 11.3 Å². The Balaban J connectivity index is 1.57. The van der Waals surface area contributed by atoms with Crippen LogP contribution in [0.5, 0.6) is 0 Å². The van der Waals surface area contributed by atoms with Gasteiger partial charge in [-0.2, -0.15) is 14.9 Å². The summed E-state index contributed by atoms with van der Waals surface area (Å²) in [6.07, 6.45) is 6.97. The molecule has 0 atom stereocenters. The maximum absolute atomic E-state index is 12.1. The summed E-state index contributed by atoms with van der Waals surface area (Å²) < 4.78 is 1.79. The number of nitriles is 1. The van der Waals surface area contributed by atoms with Crippen molar-refractivity contribution in [3.05, 3.63) is 76.8 Å². The number of nitrogens with zero attached hydrogens (tertiary/aromatic N) is 4. The van der Waals surface area contributed by atoms with Crippen LogP contribution in [-0.2, 0) is 11.2 Å². The van der Waals surface area contributed by atoms with Gasteiger partial charge in [-0.1, -0.05) is 18.7 Å². The molecule has 1 aliphatic heterocycles. The Bertz CT molecular complexity index is 1260. The van der Waals surface area contributed by atoms with Gasteiger partial charge < -0.3 is 10.6 Å². The number of hydrogen-bond donors (Lipinski definition) is 2. The smallest absolute Gasteiger partial charge is 0.251 e. The first-order valence-corrected chi connectivity index (χ1v) is 9.92. The molecule has 2 aliphatic rings. The summed E-state index contributed by atoms with van der Waals surface area (Å²) in [5, 5.41) is 19.9. The lowest BCUT2D eigenvalue weighted by atomic mass is 10.1. The third-order valence-electron chi connectivity index (χ3n) is 5.24. The van der Waals surface area contributed by atoms with Crippen LogP contribution < -0.4 is 10.6 Å². The fourth-order valence-electron chi connectivity index (χ4n) is 3.62. The van der Waals surface area contributed by atoms with E-state index in [1.165, 1.54) is 0 Å². The lowest BCUT2D eigenvalue weighted by molar-refractivity contribution is -0.115. The first-order valence-electron chi connectivity index (χ1n) is 9.92. The Morgan fingerprint density at radius 3 is 2.97 bits per heavy atom. The molecule has 3 heterocycles. The SMILES string of the molecule is C=C1C/C(=C\c2cnn3c(NC4CC4)cc(Cc4cccc(C#N)c4)nc23)C(=O)N1. The molecule has 7 heteroatoms.